The normalized spacial score (nSPS) is 20.7. The average molecular weight is 456 g/mol. The van der Waals surface area contributed by atoms with E-state index in [0.29, 0.717) is 28.7 Å². The molecule has 1 amide bonds. The Morgan fingerprint density at radius 3 is 2.44 bits per heavy atom. The number of aliphatic hydroxyl groups is 1. The number of nitrogens with zero attached hydrogens (tertiary/aromatic N) is 1. The van der Waals surface area contributed by atoms with E-state index in [1.54, 1.807) is 23.1 Å². The van der Waals surface area contributed by atoms with Crippen LogP contribution in [-0.4, -0.2) is 41.5 Å². The number of ketones is 1. The number of Topliss-reactive ketones (excluding diaryl/α,β-unsaturated/α-hetero) is 1. The molecule has 1 unspecified atom stereocenters. The van der Waals surface area contributed by atoms with E-state index in [4.69, 9.17) is 21.1 Å². The summed E-state index contributed by atoms with van der Waals surface area (Å²) in [5.74, 6) is -0.409. The standard InChI is InChI=1S/C25H26ClNO5/c1-3-32-18-11-8-15(9-12-18)22-21(23(28)16-10-13-19(26)20(14-16)31-2)24(29)25(30)27(22)17-6-4-5-7-17/h8-14,17,22,28H,3-7H2,1-2H3/b23-21-. The second-order valence-corrected chi connectivity index (χ2v) is 8.40. The monoisotopic (exact) mass is 455 g/mol. The van der Waals surface area contributed by atoms with E-state index in [2.05, 4.69) is 0 Å². The van der Waals surface area contributed by atoms with Crippen molar-refractivity contribution < 1.29 is 24.2 Å². The van der Waals surface area contributed by atoms with Crippen molar-refractivity contribution in [2.24, 2.45) is 0 Å². The summed E-state index contributed by atoms with van der Waals surface area (Å²) in [6.45, 7) is 2.45. The molecule has 0 radical (unpaired) electrons. The van der Waals surface area contributed by atoms with Gasteiger partial charge < -0.3 is 19.5 Å². The summed E-state index contributed by atoms with van der Waals surface area (Å²) in [6.07, 6.45) is 3.71. The number of hydrogen-bond acceptors (Lipinski definition) is 5. The summed E-state index contributed by atoms with van der Waals surface area (Å²) in [7, 11) is 1.48. The van der Waals surface area contributed by atoms with Gasteiger partial charge in [0.15, 0.2) is 0 Å². The number of ether oxygens (including phenoxy) is 2. The van der Waals surface area contributed by atoms with Crippen molar-refractivity contribution in [3.63, 3.8) is 0 Å². The molecule has 1 aliphatic carbocycles. The Hall–Kier alpha value is -2.99. The molecule has 0 aromatic heterocycles. The Morgan fingerprint density at radius 2 is 1.81 bits per heavy atom. The van der Waals surface area contributed by atoms with Crippen molar-refractivity contribution in [3.05, 3.63) is 64.2 Å². The number of rotatable bonds is 6. The number of benzene rings is 2. The second-order valence-electron chi connectivity index (χ2n) is 8.00. The number of methoxy groups -OCH3 is 1. The van der Waals surface area contributed by atoms with Crippen LogP contribution in [-0.2, 0) is 9.59 Å². The van der Waals surface area contributed by atoms with Gasteiger partial charge in [-0.25, -0.2) is 0 Å². The van der Waals surface area contributed by atoms with Gasteiger partial charge in [-0.1, -0.05) is 36.6 Å². The lowest BCUT2D eigenvalue weighted by molar-refractivity contribution is -0.141. The maximum Gasteiger partial charge on any atom is 0.295 e. The van der Waals surface area contributed by atoms with Crippen LogP contribution in [0.3, 0.4) is 0 Å². The predicted octanol–water partition coefficient (Wildman–Crippen LogP) is 5.11. The van der Waals surface area contributed by atoms with Crippen LogP contribution >= 0.6 is 11.6 Å². The van der Waals surface area contributed by atoms with Crippen LogP contribution in [0.2, 0.25) is 5.02 Å². The molecule has 168 valence electrons. The molecule has 1 aliphatic heterocycles. The molecular formula is C25H26ClNO5. The third kappa shape index (κ3) is 3.95. The van der Waals surface area contributed by atoms with Crippen molar-refractivity contribution in [3.8, 4) is 11.5 Å². The molecular weight excluding hydrogens is 430 g/mol. The first-order valence-corrected chi connectivity index (χ1v) is 11.2. The third-order valence-electron chi connectivity index (χ3n) is 6.13. The molecule has 1 saturated heterocycles. The van der Waals surface area contributed by atoms with Gasteiger partial charge in [-0.15, -0.1) is 0 Å². The van der Waals surface area contributed by atoms with E-state index < -0.39 is 17.7 Å². The van der Waals surface area contributed by atoms with E-state index in [9.17, 15) is 14.7 Å². The molecule has 4 rings (SSSR count). The van der Waals surface area contributed by atoms with E-state index in [-0.39, 0.29) is 17.4 Å². The number of carbonyl (C=O) groups excluding carboxylic acids is 2. The summed E-state index contributed by atoms with van der Waals surface area (Å²) >= 11 is 6.12. The SMILES string of the molecule is CCOc1ccc(C2/C(=C(/O)c3ccc(Cl)c(OC)c3)C(=O)C(=O)N2C2CCCC2)cc1. The van der Waals surface area contributed by atoms with Gasteiger partial charge in [0.05, 0.1) is 30.4 Å². The lowest BCUT2D eigenvalue weighted by Gasteiger charge is -2.30. The number of carbonyl (C=O) groups is 2. The van der Waals surface area contributed by atoms with E-state index in [1.165, 1.54) is 7.11 Å². The predicted molar refractivity (Wildman–Crippen MR) is 122 cm³/mol. The Labute approximate surface area is 192 Å². The van der Waals surface area contributed by atoms with Crippen LogP contribution in [0, 0.1) is 0 Å². The molecule has 1 atom stereocenters. The van der Waals surface area contributed by atoms with Crippen LogP contribution in [0.4, 0.5) is 0 Å². The van der Waals surface area contributed by atoms with E-state index in [0.717, 1.165) is 31.2 Å². The Bertz CT molecular complexity index is 1060. The topological polar surface area (TPSA) is 76.1 Å². The van der Waals surface area contributed by atoms with Crippen LogP contribution in [0.1, 0.15) is 49.8 Å². The first-order valence-electron chi connectivity index (χ1n) is 10.8. The largest absolute Gasteiger partial charge is 0.507 e. The molecule has 1 saturated carbocycles. The number of halogens is 1. The fraction of sp³-hybridized carbons (Fsp3) is 0.360. The van der Waals surface area contributed by atoms with Crippen molar-refractivity contribution >= 4 is 29.1 Å². The molecule has 2 fully saturated rings. The van der Waals surface area contributed by atoms with Gasteiger partial charge in [-0.3, -0.25) is 9.59 Å². The van der Waals surface area contributed by atoms with Gasteiger partial charge in [0.25, 0.3) is 11.7 Å². The van der Waals surface area contributed by atoms with Gasteiger partial charge >= 0.3 is 0 Å². The Balaban J connectivity index is 1.85. The molecule has 1 heterocycles. The summed E-state index contributed by atoms with van der Waals surface area (Å²) in [5.41, 5.74) is 1.20. The zero-order chi connectivity index (χ0) is 22.8. The number of likely N-dealkylation sites (tertiary alicyclic amines) is 1. The van der Waals surface area contributed by atoms with Gasteiger partial charge in [0.2, 0.25) is 0 Å². The van der Waals surface area contributed by atoms with E-state index >= 15 is 0 Å². The van der Waals surface area contributed by atoms with Gasteiger partial charge in [0, 0.05) is 11.6 Å². The highest BCUT2D eigenvalue weighted by atomic mass is 35.5. The average Bonchev–Trinajstić information content (AvgIpc) is 3.41. The molecule has 6 nitrogen and oxygen atoms in total. The molecule has 7 heteroatoms. The highest BCUT2D eigenvalue weighted by Crippen LogP contribution is 2.44. The molecule has 1 N–H and O–H groups in total. The molecule has 32 heavy (non-hydrogen) atoms. The maximum absolute atomic E-state index is 13.2. The number of amides is 1. The minimum atomic E-state index is -0.679. The summed E-state index contributed by atoms with van der Waals surface area (Å²) in [4.78, 5) is 28.0. The summed E-state index contributed by atoms with van der Waals surface area (Å²) in [5, 5.41) is 11.6. The third-order valence-corrected chi connectivity index (χ3v) is 6.44. The number of hydrogen-bond donors (Lipinski definition) is 1. The molecule has 2 aromatic carbocycles. The zero-order valence-electron chi connectivity index (χ0n) is 18.1. The molecule has 0 bridgehead atoms. The highest BCUT2D eigenvalue weighted by molar-refractivity contribution is 6.46. The zero-order valence-corrected chi connectivity index (χ0v) is 18.9. The fourth-order valence-electron chi connectivity index (χ4n) is 4.61. The Morgan fingerprint density at radius 1 is 1.12 bits per heavy atom. The highest BCUT2D eigenvalue weighted by Gasteiger charge is 2.49. The van der Waals surface area contributed by atoms with Crippen LogP contribution < -0.4 is 9.47 Å². The summed E-state index contributed by atoms with van der Waals surface area (Å²) in [6, 6.07) is 11.4. The molecule has 2 aromatic rings. The van der Waals surface area contributed by atoms with Crippen molar-refractivity contribution in [2.45, 2.75) is 44.7 Å². The Kier molecular flexibility index (Phi) is 6.42. The first kappa shape index (κ1) is 22.2. The van der Waals surface area contributed by atoms with Crippen molar-refractivity contribution in [2.75, 3.05) is 13.7 Å². The number of aliphatic hydroxyl groups excluding tert-OH is 1. The second kappa shape index (κ2) is 9.25. The van der Waals surface area contributed by atoms with Crippen molar-refractivity contribution in [1.29, 1.82) is 0 Å². The van der Waals surface area contributed by atoms with Crippen LogP contribution in [0.5, 0.6) is 11.5 Å². The fourth-order valence-corrected chi connectivity index (χ4v) is 4.81. The molecule has 2 aliphatic rings. The van der Waals surface area contributed by atoms with Crippen LogP contribution in [0.25, 0.3) is 5.76 Å². The van der Waals surface area contributed by atoms with Crippen molar-refractivity contribution in [1.82, 2.24) is 4.90 Å². The first-order chi connectivity index (χ1) is 15.5. The minimum Gasteiger partial charge on any atom is -0.507 e. The minimum absolute atomic E-state index is 0.0342. The maximum atomic E-state index is 13.2. The smallest absolute Gasteiger partial charge is 0.295 e. The summed E-state index contributed by atoms with van der Waals surface area (Å²) < 4.78 is 10.8. The van der Waals surface area contributed by atoms with Gasteiger partial charge in [-0.05, 0) is 55.7 Å². The lowest BCUT2D eigenvalue weighted by Crippen LogP contribution is -2.37. The van der Waals surface area contributed by atoms with Gasteiger partial charge in [-0.2, -0.15) is 0 Å². The molecule has 0 spiro atoms. The quantitative estimate of drug-likeness (QED) is 0.372. The van der Waals surface area contributed by atoms with Crippen LogP contribution in [0.15, 0.2) is 48.0 Å². The van der Waals surface area contributed by atoms with E-state index in [1.807, 2.05) is 31.2 Å². The lowest BCUT2D eigenvalue weighted by atomic mass is 9.94. The van der Waals surface area contributed by atoms with Gasteiger partial charge in [0.1, 0.15) is 17.3 Å².